The lowest BCUT2D eigenvalue weighted by Crippen LogP contribution is -2.20. The molecule has 0 atom stereocenters. The maximum atomic E-state index is 5.79. The van der Waals surface area contributed by atoms with E-state index in [1.54, 1.807) is 6.33 Å². The molecule has 0 saturated heterocycles. The largest absolute Gasteiger partial charge is 0.476 e. The number of anilines is 1. The van der Waals surface area contributed by atoms with Crippen LogP contribution >= 0.6 is 0 Å². The van der Waals surface area contributed by atoms with Gasteiger partial charge in [-0.25, -0.2) is 9.97 Å². The summed E-state index contributed by atoms with van der Waals surface area (Å²) in [6.07, 6.45) is 4.64. The summed E-state index contributed by atoms with van der Waals surface area (Å²) >= 11 is 0. The number of nitrogens with one attached hydrogen (secondary N) is 1. The molecule has 0 aliphatic carbocycles. The van der Waals surface area contributed by atoms with Gasteiger partial charge >= 0.3 is 0 Å². The maximum Gasteiger partial charge on any atom is 0.221 e. The highest BCUT2D eigenvalue weighted by atomic mass is 16.5. The smallest absolute Gasteiger partial charge is 0.221 e. The van der Waals surface area contributed by atoms with E-state index in [0.717, 1.165) is 49.6 Å². The van der Waals surface area contributed by atoms with Crippen molar-refractivity contribution >= 4 is 5.82 Å². The molecule has 1 rings (SSSR count). The molecular weight excluding hydrogens is 240 g/mol. The summed E-state index contributed by atoms with van der Waals surface area (Å²) in [7, 11) is 4.06. The fourth-order valence-electron chi connectivity index (χ4n) is 1.72. The van der Waals surface area contributed by atoms with Gasteiger partial charge in [0.25, 0.3) is 0 Å². The van der Waals surface area contributed by atoms with E-state index in [1.807, 2.05) is 14.1 Å². The van der Waals surface area contributed by atoms with E-state index in [1.165, 1.54) is 0 Å². The van der Waals surface area contributed by atoms with Crippen LogP contribution in [0.4, 0.5) is 5.82 Å². The summed E-state index contributed by atoms with van der Waals surface area (Å²) in [5, 5.41) is 3.35. The van der Waals surface area contributed by atoms with Crippen molar-refractivity contribution in [2.75, 3.05) is 39.1 Å². The summed E-state index contributed by atoms with van der Waals surface area (Å²) < 4.78 is 5.79. The van der Waals surface area contributed by atoms with E-state index < -0.39 is 0 Å². The lowest BCUT2D eigenvalue weighted by Gasteiger charge is -2.15. The average Bonchev–Trinajstić information content (AvgIpc) is 2.38. The molecule has 0 aliphatic rings. The molecule has 0 spiro atoms. The van der Waals surface area contributed by atoms with Crippen molar-refractivity contribution in [1.29, 1.82) is 0 Å². The highest BCUT2D eigenvalue weighted by Crippen LogP contribution is 2.23. The average molecular weight is 266 g/mol. The molecule has 0 fully saturated rings. The van der Waals surface area contributed by atoms with Crippen LogP contribution in [0.2, 0.25) is 0 Å². The Hall–Kier alpha value is -1.36. The normalized spacial score (nSPS) is 10.8. The molecule has 1 heterocycles. The van der Waals surface area contributed by atoms with E-state index in [-0.39, 0.29) is 0 Å². The van der Waals surface area contributed by atoms with Gasteiger partial charge in [-0.15, -0.1) is 0 Å². The first-order valence-corrected chi connectivity index (χ1v) is 7.04. The van der Waals surface area contributed by atoms with Gasteiger partial charge < -0.3 is 15.0 Å². The van der Waals surface area contributed by atoms with Gasteiger partial charge in [0.15, 0.2) is 0 Å². The number of hydrogen-bond donors (Lipinski definition) is 1. The second kappa shape index (κ2) is 8.69. The molecule has 0 aliphatic heterocycles. The number of ether oxygens (including phenoxy) is 1. The SMILES string of the molecule is CCCNc1ncnc(OCCN(C)C)c1CCC. The molecule has 1 N–H and O–H groups in total. The van der Waals surface area contributed by atoms with Crippen molar-refractivity contribution in [2.24, 2.45) is 0 Å². The van der Waals surface area contributed by atoms with Crippen molar-refractivity contribution in [3.8, 4) is 5.88 Å². The van der Waals surface area contributed by atoms with Crippen molar-refractivity contribution in [3.63, 3.8) is 0 Å². The molecule has 0 unspecified atom stereocenters. The molecule has 108 valence electrons. The summed E-state index contributed by atoms with van der Waals surface area (Å²) in [5.41, 5.74) is 1.09. The van der Waals surface area contributed by atoms with Crippen LogP contribution in [0.25, 0.3) is 0 Å². The first-order valence-electron chi connectivity index (χ1n) is 7.04. The Morgan fingerprint density at radius 1 is 1.21 bits per heavy atom. The van der Waals surface area contributed by atoms with Crippen LogP contribution in [0.5, 0.6) is 5.88 Å². The van der Waals surface area contributed by atoms with Crippen LogP contribution in [0.15, 0.2) is 6.33 Å². The number of aromatic nitrogens is 2. The second-order valence-corrected chi connectivity index (χ2v) is 4.83. The van der Waals surface area contributed by atoms with Crippen LogP contribution in [-0.4, -0.2) is 48.7 Å². The fourth-order valence-corrected chi connectivity index (χ4v) is 1.72. The molecule has 0 amide bonds. The Balaban J connectivity index is 2.76. The van der Waals surface area contributed by atoms with Crippen LogP contribution in [-0.2, 0) is 6.42 Å². The van der Waals surface area contributed by atoms with Crippen molar-refractivity contribution < 1.29 is 4.74 Å². The number of nitrogens with zero attached hydrogens (tertiary/aromatic N) is 3. The second-order valence-electron chi connectivity index (χ2n) is 4.83. The molecule has 5 nitrogen and oxygen atoms in total. The van der Waals surface area contributed by atoms with E-state index in [0.29, 0.717) is 6.61 Å². The maximum absolute atomic E-state index is 5.79. The van der Waals surface area contributed by atoms with Crippen LogP contribution in [0.3, 0.4) is 0 Å². The first kappa shape index (κ1) is 15.7. The van der Waals surface area contributed by atoms with E-state index in [4.69, 9.17) is 4.74 Å². The highest BCUT2D eigenvalue weighted by Gasteiger charge is 2.11. The van der Waals surface area contributed by atoms with E-state index in [2.05, 4.69) is 34.0 Å². The quantitative estimate of drug-likeness (QED) is 0.742. The molecule has 0 saturated carbocycles. The van der Waals surface area contributed by atoms with Crippen molar-refractivity contribution in [3.05, 3.63) is 11.9 Å². The van der Waals surface area contributed by atoms with Gasteiger partial charge in [-0.1, -0.05) is 20.3 Å². The zero-order valence-corrected chi connectivity index (χ0v) is 12.6. The Morgan fingerprint density at radius 3 is 2.63 bits per heavy atom. The third kappa shape index (κ3) is 5.42. The van der Waals surface area contributed by atoms with Crippen molar-refractivity contribution in [2.45, 2.75) is 33.1 Å². The predicted molar refractivity (Wildman–Crippen MR) is 78.9 cm³/mol. The Morgan fingerprint density at radius 2 is 2.00 bits per heavy atom. The summed E-state index contributed by atoms with van der Waals surface area (Å²) in [4.78, 5) is 10.7. The molecule has 0 bridgehead atoms. The fraction of sp³-hybridized carbons (Fsp3) is 0.714. The lowest BCUT2D eigenvalue weighted by molar-refractivity contribution is 0.251. The minimum Gasteiger partial charge on any atom is -0.476 e. The van der Waals surface area contributed by atoms with Gasteiger partial charge in [0, 0.05) is 13.1 Å². The topological polar surface area (TPSA) is 50.3 Å². The van der Waals surface area contributed by atoms with Gasteiger partial charge in [0.1, 0.15) is 18.8 Å². The van der Waals surface area contributed by atoms with Gasteiger partial charge in [0.05, 0.1) is 5.56 Å². The summed E-state index contributed by atoms with van der Waals surface area (Å²) in [6.45, 7) is 6.74. The Labute approximate surface area is 116 Å². The third-order valence-corrected chi connectivity index (χ3v) is 2.73. The molecule has 5 heteroatoms. The summed E-state index contributed by atoms with van der Waals surface area (Å²) in [6, 6.07) is 0. The molecule has 0 aromatic carbocycles. The minimum atomic E-state index is 0.647. The lowest BCUT2D eigenvalue weighted by atomic mass is 10.1. The predicted octanol–water partition coefficient (Wildman–Crippen LogP) is 2.19. The van der Waals surface area contributed by atoms with Gasteiger partial charge in [-0.05, 0) is 26.9 Å². The molecule has 1 aromatic heterocycles. The molecular formula is C14H26N4O. The van der Waals surface area contributed by atoms with Gasteiger partial charge in [0.2, 0.25) is 5.88 Å². The summed E-state index contributed by atoms with van der Waals surface area (Å²) in [5.74, 6) is 1.64. The standard InChI is InChI=1S/C14H26N4O/c1-5-7-12-13(15-8-6-2)16-11-17-14(12)19-10-9-18(3)4/h11H,5-10H2,1-4H3,(H,15,16,17). The van der Waals surface area contributed by atoms with Crippen LogP contribution in [0.1, 0.15) is 32.3 Å². The Bertz CT molecular complexity index is 368. The highest BCUT2D eigenvalue weighted by molar-refractivity contribution is 5.48. The first-order chi connectivity index (χ1) is 9.19. The zero-order chi connectivity index (χ0) is 14.1. The number of likely N-dealkylation sites (N-methyl/N-ethyl adjacent to an activating group) is 1. The van der Waals surface area contributed by atoms with Gasteiger partial charge in [-0.2, -0.15) is 0 Å². The monoisotopic (exact) mass is 266 g/mol. The number of hydrogen-bond acceptors (Lipinski definition) is 5. The molecule has 0 radical (unpaired) electrons. The van der Waals surface area contributed by atoms with Crippen molar-refractivity contribution in [1.82, 2.24) is 14.9 Å². The van der Waals surface area contributed by atoms with E-state index in [9.17, 15) is 0 Å². The zero-order valence-electron chi connectivity index (χ0n) is 12.6. The Kier molecular flexibility index (Phi) is 7.18. The van der Waals surface area contributed by atoms with E-state index >= 15 is 0 Å². The van der Waals surface area contributed by atoms with Crippen LogP contribution in [0, 0.1) is 0 Å². The number of rotatable bonds is 9. The van der Waals surface area contributed by atoms with Crippen LogP contribution < -0.4 is 10.1 Å². The van der Waals surface area contributed by atoms with Gasteiger partial charge in [-0.3, -0.25) is 0 Å². The molecule has 19 heavy (non-hydrogen) atoms. The molecule has 1 aromatic rings. The minimum absolute atomic E-state index is 0.647. The third-order valence-electron chi connectivity index (χ3n) is 2.73.